The van der Waals surface area contributed by atoms with E-state index in [4.69, 9.17) is 0 Å². The first-order valence-corrected chi connectivity index (χ1v) is 7.34. The Labute approximate surface area is 108 Å². The van der Waals surface area contributed by atoms with Crippen LogP contribution in [-0.2, 0) is 0 Å². The van der Waals surface area contributed by atoms with Crippen LogP contribution in [0, 0.1) is 5.92 Å². The van der Waals surface area contributed by atoms with E-state index in [1.807, 2.05) is 0 Å². The quantitative estimate of drug-likeness (QED) is 0.793. The van der Waals surface area contributed by atoms with Crippen LogP contribution in [0.15, 0.2) is 0 Å². The molecule has 1 N–H and O–H groups in total. The van der Waals surface area contributed by atoms with Crippen molar-refractivity contribution in [3.63, 3.8) is 0 Å². The largest absolute Gasteiger partial charge is 0.312 e. The third kappa shape index (κ3) is 4.97. The molecule has 0 amide bonds. The van der Waals surface area contributed by atoms with Crippen molar-refractivity contribution in [1.29, 1.82) is 0 Å². The van der Waals surface area contributed by atoms with Crippen LogP contribution in [-0.4, -0.2) is 35.6 Å². The highest BCUT2D eigenvalue weighted by atomic mass is 15.2. The Kier molecular flexibility index (Phi) is 5.46. The van der Waals surface area contributed by atoms with Crippen LogP contribution >= 0.6 is 0 Å². The second-order valence-corrected chi connectivity index (χ2v) is 6.92. The zero-order valence-electron chi connectivity index (χ0n) is 12.7. The fourth-order valence-electron chi connectivity index (χ4n) is 2.80. The van der Waals surface area contributed by atoms with Crippen LogP contribution in [0.2, 0.25) is 0 Å². The molecule has 1 heterocycles. The van der Waals surface area contributed by atoms with Crippen molar-refractivity contribution in [2.75, 3.05) is 13.1 Å². The van der Waals surface area contributed by atoms with Crippen LogP contribution < -0.4 is 5.32 Å². The molecule has 0 radical (unpaired) electrons. The minimum atomic E-state index is 0.245. The molecule has 0 saturated carbocycles. The van der Waals surface area contributed by atoms with Crippen LogP contribution in [0.3, 0.4) is 0 Å². The van der Waals surface area contributed by atoms with E-state index in [1.54, 1.807) is 0 Å². The van der Waals surface area contributed by atoms with Crippen molar-refractivity contribution in [3.05, 3.63) is 0 Å². The molecule has 2 nitrogen and oxygen atoms in total. The van der Waals surface area contributed by atoms with E-state index in [0.717, 1.165) is 24.5 Å². The molecule has 0 aromatic heterocycles. The Morgan fingerprint density at radius 2 is 1.94 bits per heavy atom. The van der Waals surface area contributed by atoms with Gasteiger partial charge in [-0.15, -0.1) is 0 Å². The number of likely N-dealkylation sites (tertiary alicyclic amines) is 1. The van der Waals surface area contributed by atoms with Crippen molar-refractivity contribution in [2.45, 2.75) is 78.4 Å². The smallest absolute Gasteiger partial charge is 0.00966 e. The summed E-state index contributed by atoms with van der Waals surface area (Å²) in [6.45, 7) is 16.2. The molecular formula is C15H32N2. The lowest BCUT2D eigenvalue weighted by Crippen LogP contribution is -2.43. The SMILES string of the molecule is CCC1CCC(C)N1CC(C)CNC(C)(C)C. The summed E-state index contributed by atoms with van der Waals surface area (Å²) in [4.78, 5) is 2.73. The lowest BCUT2D eigenvalue weighted by molar-refractivity contribution is 0.167. The summed E-state index contributed by atoms with van der Waals surface area (Å²) < 4.78 is 0. The van der Waals surface area contributed by atoms with E-state index in [2.05, 4.69) is 51.8 Å². The zero-order valence-corrected chi connectivity index (χ0v) is 12.7. The molecule has 102 valence electrons. The van der Waals surface area contributed by atoms with E-state index in [0.29, 0.717) is 0 Å². The van der Waals surface area contributed by atoms with Gasteiger partial charge in [-0.1, -0.05) is 13.8 Å². The summed E-state index contributed by atoms with van der Waals surface area (Å²) in [6, 6.07) is 1.62. The van der Waals surface area contributed by atoms with Gasteiger partial charge in [0, 0.05) is 24.2 Å². The summed E-state index contributed by atoms with van der Waals surface area (Å²) >= 11 is 0. The lowest BCUT2D eigenvalue weighted by Gasteiger charge is -2.32. The minimum absolute atomic E-state index is 0.245. The molecule has 1 saturated heterocycles. The van der Waals surface area contributed by atoms with Crippen LogP contribution in [0.25, 0.3) is 0 Å². The highest BCUT2D eigenvalue weighted by Crippen LogP contribution is 2.26. The van der Waals surface area contributed by atoms with Gasteiger partial charge in [-0.25, -0.2) is 0 Å². The van der Waals surface area contributed by atoms with Crippen molar-refractivity contribution >= 4 is 0 Å². The van der Waals surface area contributed by atoms with Crippen molar-refractivity contribution < 1.29 is 0 Å². The molecule has 0 spiro atoms. The van der Waals surface area contributed by atoms with Gasteiger partial charge in [0.15, 0.2) is 0 Å². The Balaban J connectivity index is 2.36. The third-order valence-electron chi connectivity index (χ3n) is 3.93. The molecule has 1 aliphatic heterocycles. The first-order chi connectivity index (χ1) is 7.83. The van der Waals surface area contributed by atoms with Gasteiger partial charge < -0.3 is 5.32 Å². The molecular weight excluding hydrogens is 208 g/mol. The van der Waals surface area contributed by atoms with Gasteiger partial charge in [0.25, 0.3) is 0 Å². The van der Waals surface area contributed by atoms with Gasteiger partial charge in [0.05, 0.1) is 0 Å². The maximum absolute atomic E-state index is 3.62. The van der Waals surface area contributed by atoms with Gasteiger partial charge in [0.1, 0.15) is 0 Å². The van der Waals surface area contributed by atoms with E-state index >= 15 is 0 Å². The van der Waals surface area contributed by atoms with Gasteiger partial charge in [-0.2, -0.15) is 0 Å². The fraction of sp³-hybridized carbons (Fsp3) is 1.00. The first kappa shape index (κ1) is 15.0. The number of nitrogens with one attached hydrogen (secondary N) is 1. The molecule has 0 aromatic carbocycles. The summed E-state index contributed by atoms with van der Waals surface area (Å²) in [5, 5.41) is 3.62. The molecule has 1 aliphatic rings. The topological polar surface area (TPSA) is 15.3 Å². The number of rotatable bonds is 5. The monoisotopic (exact) mass is 240 g/mol. The average Bonchev–Trinajstić information content (AvgIpc) is 2.56. The minimum Gasteiger partial charge on any atom is -0.312 e. The molecule has 1 rings (SSSR count). The van der Waals surface area contributed by atoms with Gasteiger partial charge in [0.2, 0.25) is 0 Å². The van der Waals surface area contributed by atoms with Gasteiger partial charge >= 0.3 is 0 Å². The Morgan fingerprint density at radius 3 is 2.47 bits per heavy atom. The molecule has 0 aliphatic carbocycles. The molecule has 1 fully saturated rings. The highest BCUT2D eigenvalue weighted by Gasteiger charge is 2.29. The van der Waals surface area contributed by atoms with Crippen LogP contribution in [0.4, 0.5) is 0 Å². The fourth-order valence-corrected chi connectivity index (χ4v) is 2.80. The highest BCUT2D eigenvalue weighted by molar-refractivity contribution is 4.85. The second-order valence-electron chi connectivity index (χ2n) is 6.92. The summed E-state index contributed by atoms with van der Waals surface area (Å²) in [5.74, 6) is 0.740. The third-order valence-corrected chi connectivity index (χ3v) is 3.93. The Morgan fingerprint density at radius 1 is 1.29 bits per heavy atom. The average molecular weight is 240 g/mol. The standard InChI is InChI=1S/C15H32N2/c1-7-14-9-8-13(3)17(14)11-12(2)10-16-15(4,5)6/h12-14,16H,7-11H2,1-6H3. The van der Waals surface area contributed by atoms with Gasteiger partial charge in [-0.3, -0.25) is 4.90 Å². The maximum Gasteiger partial charge on any atom is 0.00966 e. The maximum atomic E-state index is 3.62. The number of nitrogens with zero attached hydrogens (tertiary/aromatic N) is 1. The van der Waals surface area contributed by atoms with E-state index < -0.39 is 0 Å². The molecule has 0 aromatic rings. The molecule has 2 heteroatoms. The van der Waals surface area contributed by atoms with Crippen molar-refractivity contribution in [3.8, 4) is 0 Å². The van der Waals surface area contributed by atoms with Crippen molar-refractivity contribution in [1.82, 2.24) is 10.2 Å². The molecule has 3 unspecified atom stereocenters. The number of hydrogen-bond donors (Lipinski definition) is 1. The summed E-state index contributed by atoms with van der Waals surface area (Å²) in [6.07, 6.45) is 4.10. The summed E-state index contributed by atoms with van der Waals surface area (Å²) in [7, 11) is 0. The summed E-state index contributed by atoms with van der Waals surface area (Å²) in [5.41, 5.74) is 0.245. The van der Waals surface area contributed by atoms with Crippen molar-refractivity contribution in [2.24, 2.45) is 5.92 Å². The van der Waals surface area contributed by atoms with Crippen LogP contribution in [0.5, 0.6) is 0 Å². The Hall–Kier alpha value is -0.0800. The van der Waals surface area contributed by atoms with E-state index in [9.17, 15) is 0 Å². The molecule has 17 heavy (non-hydrogen) atoms. The lowest BCUT2D eigenvalue weighted by atomic mass is 10.1. The van der Waals surface area contributed by atoms with E-state index in [1.165, 1.54) is 25.8 Å². The second kappa shape index (κ2) is 6.19. The molecule has 0 bridgehead atoms. The number of hydrogen-bond acceptors (Lipinski definition) is 2. The van der Waals surface area contributed by atoms with E-state index in [-0.39, 0.29) is 5.54 Å². The van der Waals surface area contributed by atoms with Crippen LogP contribution in [0.1, 0.15) is 60.8 Å². The van der Waals surface area contributed by atoms with Gasteiger partial charge in [-0.05, 0) is 59.4 Å². The predicted molar refractivity (Wildman–Crippen MR) is 76.4 cm³/mol. The zero-order chi connectivity index (χ0) is 13.1. The Bertz CT molecular complexity index is 219. The molecule has 3 atom stereocenters. The first-order valence-electron chi connectivity index (χ1n) is 7.34. The predicted octanol–water partition coefficient (Wildman–Crippen LogP) is 3.27. The normalized spacial score (nSPS) is 28.6.